The van der Waals surface area contributed by atoms with Crippen LogP contribution >= 0.6 is 0 Å². The monoisotopic (exact) mass is 124 g/mol. The van der Waals surface area contributed by atoms with Crippen LogP contribution in [0.3, 0.4) is 0 Å². The summed E-state index contributed by atoms with van der Waals surface area (Å²) in [5, 5.41) is 3.62. The molecule has 0 aliphatic rings. The molecule has 0 bridgehead atoms. The highest BCUT2D eigenvalue weighted by Gasteiger charge is 2.03. The molecule has 9 heavy (non-hydrogen) atoms. The van der Waals surface area contributed by atoms with E-state index in [9.17, 15) is 0 Å². The highest BCUT2D eigenvalue weighted by Crippen LogP contribution is 2.15. The van der Waals surface area contributed by atoms with Crippen molar-refractivity contribution >= 4 is 12.0 Å². The second-order valence-corrected chi connectivity index (χ2v) is 1.75. The van der Waals surface area contributed by atoms with Gasteiger partial charge < -0.3 is 10.3 Å². The third kappa shape index (κ3) is 0.806. The summed E-state index contributed by atoms with van der Waals surface area (Å²) >= 11 is 0. The predicted molar refractivity (Wildman–Crippen MR) is 35.7 cm³/mol. The van der Waals surface area contributed by atoms with Crippen LogP contribution in [-0.4, -0.2) is 5.16 Å². The molecule has 0 amide bonds. The molecule has 1 rings (SSSR count). The van der Waals surface area contributed by atoms with Gasteiger partial charge in [-0.05, 0) is 6.92 Å². The van der Waals surface area contributed by atoms with E-state index < -0.39 is 0 Å². The zero-order valence-corrected chi connectivity index (χ0v) is 5.22. The smallest absolute Gasteiger partial charge is 0.229 e. The Hall–Kier alpha value is -1.25. The zero-order valence-electron chi connectivity index (χ0n) is 5.22. The Labute approximate surface area is 53.1 Å². The molecule has 0 radical (unpaired) electrons. The lowest BCUT2D eigenvalue weighted by Gasteiger charge is -1.83. The quantitative estimate of drug-likeness (QED) is 0.612. The Kier molecular flexibility index (Phi) is 1.26. The van der Waals surface area contributed by atoms with Crippen LogP contribution in [0, 0.1) is 6.92 Å². The highest BCUT2D eigenvalue weighted by molar-refractivity contribution is 5.59. The van der Waals surface area contributed by atoms with Crippen molar-refractivity contribution in [2.45, 2.75) is 6.92 Å². The molecule has 2 N–H and O–H groups in total. The SMILES string of the molecule is C=Cc1c(C)noc1N. The van der Waals surface area contributed by atoms with Gasteiger partial charge in [0.2, 0.25) is 5.88 Å². The summed E-state index contributed by atoms with van der Waals surface area (Å²) in [6.45, 7) is 5.36. The van der Waals surface area contributed by atoms with Crippen LogP contribution in [0.4, 0.5) is 5.88 Å². The van der Waals surface area contributed by atoms with E-state index >= 15 is 0 Å². The molecule has 0 aliphatic heterocycles. The van der Waals surface area contributed by atoms with Crippen LogP contribution in [0.2, 0.25) is 0 Å². The number of hydrogen-bond acceptors (Lipinski definition) is 3. The molecule has 3 heteroatoms. The Morgan fingerprint density at radius 3 is 2.67 bits per heavy atom. The van der Waals surface area contributed by atoms with Crippen LogP contribution in [0.25, 0.3) is 6.08 Å². The predicted octanol–water partition coefficient (Wildman–Crippen LogP) is 1.21. The average Bonchev–Trinajstić information content (AvgIpc) is 2.12. The van der Waals surface area contributed by atoms with E-state index in [0.29, 0.717) is 5.88 Å². The number of aromatic nitrogens is 1. The van der Waals surface area contributed by atoms with Crippen LogP contribution < -0.4 is 5.73 Å². The highest BCUT2D eigenvalue weighted by atomic mass is 16.5. The minimum atomic E-state index is 0.336. The van der Waals surface area contributed by atoms with Crippen molar-refractivity contribution in [2.75, 3.05) is 5.73 Å². The number of hydrogen-bond donors (Lipinski definition) is 1. The van der Waals surface area contributed by atoms with Gasteiger partial charge in [-0.25, -0.2) is 0 Å². The van der Waals surface area contributed by atoms with Crippen LogP contribution in [0.15, 0.2) is 11.1 Å². The Morgan fingerprint density at radius 2 is 2.44 bits per heavy atom. The summed E-state index contributed by atoms with van der Waals surface area (Å²) in [7, 11) is 0. The van der Waals surface area contributed by atoms with Gasteiger partial charge in [0.1, 0.15) is 0 Å². The van der Waals surface area contributed by atoms with E-state index in [-0.39, 0.29) is 0 Å². The number of aryl methyl sites for hydroxylation is 1. The van der Waals surface area contributed by atoms with Crippen molar-refractivity contribution in [1.82, 2.24) is 5.16 Å². The Morgan fingerprint density at radius 1 is 1.78 bits per heavy atom. The lowest BCUT2D eigenvalue weighted by molar-refractivity contribution is 0.431. The van der Waals surface area contributed by atoms with Crippen molar-refractivity contribution in [3.8, 4) is 0 Å². The van der Waals surface area contributed by atoms with Crippen molar-refractivity contribution in [1.29, 1.82) is 0 Å². The van der Waals surface area contributed by atoms with Crippen LogP contribution in [0.1, 0.15) is 11.3 Å². The number of nitrogens with two attached hydrogens (primary N) is 1. The number of rotatable bonds is 1. The van der Waals surface area contributed by atoms with Crippen LogP contribution in [-0.2, 0) is 0 Å². The number of anilines is 1. The second kappa shape index (κ2) is 1.93. The lowest BCUT2D eigenvalue weighted by Crippen LogP contribution is -1.83. The van der Waals surface area contributed by atoms with Gasteiger partial charge in [0.05, 0.1) is 11.3 Å². The fourth-order valence-electron chi connectivity index (χ4n) is 0.643. The van der Waals surface area contributed by atoms with E-state index in [2.05, 4.69) is 16.3 Å². The molecule has 0 unspecified atom stereocenters. The third-order valence-corrected chi connectivity index (χ3v) is 1.14. The van der Waals surface area contributed by atoms with Crippen molar-refractivity contribution in [3.63, 3.8) is 0 Å². The molecule has 0 aromatic carbocycles. The minimum Gasteiger partial charge on any atom is -0.367 e. The number of nitrogens with zero attached hydrogens (tertiary/aromatic N) is 1. The third-order valence-electron chi connectivity index (χ3n) is 1.14. The van der Waals surface area contributed by atoms with E-state index in [4.69, 9.17) is 5.73 Å². The molecule has 0 fully saturated rings. The molecule has 3 nitrogen and oxygen atoms in total. The maximum Gasteiger partial charge on any atom is 0.229 e. The maximum absolute atomic E-state index is 5.35. The molecule has 48 valence electrons. The first kappa shape index (κ1) is 5.88. The van der Waals surface area contributed by atoms with E-state index in [1.807, 2.05) is 6.92 Å². The summed E-state index contributed by atoms with van der Waals surface area (Å²) in [6.07, 6.45) is 1.63. The lowest BCUT2D eigenvalue weighted by atomic mass is 10.2. The van der Waals surface area contributed by atoms with Gasteiger partial charge in [-0.2, -0.15) is 0 Å². The fraction of sp³-hybridized carbons (Fsp3) is 0.167. The van der Waals surface area contributed by atoms with Crippen molar-refractivity contribution in [3.05, 3.63) is 17.8 Å². The molecule has 1 aromatic heterocycles. The molecule has 1 heterocycles. The van der Waals surface area contributed by atoms with Gasteiger partial charge in [0, 0.05) is 0 Å². The van der Waals surface area contributed by atoms with E-state index in [1.165, 1.54) is 0 Å². The molecule has 0 atom stereocenters. The Balaban J connectivity index is 3.22. The largest absolute Gasteiger partial charge is 0.367 e. The summed E-state index contributed by atoms with van der Waals surface area (Å²) in [4.78, 5) is 0. The van der Waals surface area contributed by atoms with Gasteiger partial charge in [0.25, 0.3) is 0 Å². The minimum absolute atomic E-state index is 0.336. The molecule has 0 saturated carbocycles. The first-order valence-corrected chi connectivity index (χ1v) is 2.60. The topological polar surface area (TPSA) is 52.0 Å². The molecule has 0 spiro atoms. The van der Waals surface area contributed by atoms with E-state index in [1.54, 1.807) is 6.08 Å². The summed E-state index contributed by atoms with van der Waals surface area (Å²) in [6, 6.07) is 0. The van der Waals surface area contributed by atoms with Gasteiger partial charge in [-0.1, -0.05) is 17.8 Å². The zero-order chi connectivity index (χ0) is 6.85. The molecule has 0 aliphatic carbocycles. The van der Waals surface area contributed by atoms with Gasteiger partial charge in [-0.15, -0.1) is 0 Å². The molecule has 0 saturated heterocycles. The first-order valence-electron chi connectivity index (χ1n) is 2.60. The summed E-state index contributed by atoms with van der Waals surface area (Å²) in [5.41, 5.74) is 6.92. The summed E-state index contributed by atoms with van der Waals surface area (Å²) in [5.74, 6) is 0.336. The normalized spacial score (nSPS) is 9.44. The van der Waals surface area contributed by atoms with Gasteiger partial charge in [0.15, 0.2) is 0 Å². The second-order valence-electron chi connectivity index (χ2n) is 1.75. The maximum atomic E-state index is 5.35. The van der Waals surface area contributed by atoms with Crippen molar-refractivity contribution < 1.29 is 4.52 Å². The average molecular weight is 124 g/mol. The molecular formula is C6H8N2O. The fourth-order valence-corrected chi connectivity index (χ4v) is 0.643. The Bertz CT molecular complexity index is 207. The number of nitrogen functional groups attached to an aromatic ring is 1. The summed E-state index contributed by atoms with van der Waals surface area (Å²) < 4.78 is 4.64. The van der Waals surface area contributed by atoms with Gasteiger partial charge in [-0.3, -0.25) is 0 Å². The first-order chi connectivity index (χ1) is 4.25. The van der Waals surface area contributed by atoms with Crippen LogP contribution in [0.5, 0.6) is 0 Å². The molecule has 1 aromatic rings. The van der Waals surface area contributed by atoms with Gasteiger partial charge >= 0.3 is 0 Å². The van der Waals surface area contributed by atoms with Crippen molar-refractivity contribution in [2.24, 2.45) is 0 Å². The molecular weight excluding hydrogens is 116 g/mol. The standard InChI is InChI=1S/C6H8N2O/c1-3-5-4(2)8-9-6(5)7/h3H,1,7H2,2H3. The van der Waals surface area contributed by atoms with E-state index in [0.717, 1.165) is 11.3 Å².